The molecule has 2 atom stereocenters. The fraction of sp³-hybridized carbons (Fsp3) is 0.533. The van der Waals surface area contributed by atoms with Crippen LogP contribution in [0.2, 0.25) is 0 Å². The minimum Gasteiger partial charge on any atom is -0.481 e. The van der Waals surface area contributed by atoms with E-state index in [1.165, 1.54) is 0 Å². The van der Waals surface area contributed by atoms with Gasteiger partial charge in [0.05, 0.1) is 5.92 Å². The lowest BCUT2D eigenvalue weighted by atomic mass is 9.76. The van der Waals surface area contributed by atoms with Crippen LogP contribution in [-0.2, 0) is 10.4 Å². The molecule has 0 radical (unpaired) electrons. The van der Waals surface area contributed by atoms with Gasteiger partial charge in [0.15, 0.2) is 0 Å². The summed E-state index contributed by atoms with van der Waals surface area (Å²) in [5.74, 6) is -1.67. The number of carboxylic acid groups (broad SMARTS) is 1. The average molecular weight is 250 g/mol. The average Bonchev–Trinajstić information content (AvgIpc) is 2.36. The summed E-state index contributed by atoms with van der Waals surface area (Å²) < 4.78 is 0. The Labute approximate surface area is 108 Å². The standard InChI is InChI=1S/C15H22O3/c1-3-8-13(14(16)17)15(18,11-4-2)12-9-6-5-7-10-12/h5-7,9-10,13,18H,3-4,8,11H2,1-2H3,(H,16,17). The summed E-state index contributed by atoms with van der Waals surface area (Å²) in [6.07, 6.45) is 2.45. The fourth-order valence-electron chi connectivity index (χ4n) is 2.48. The SMILES string of the molecule is CCCC(C(=O)O)C(O)(CCC)c1ccccc1. The zero-order valence-electron chi connectivity index (χ0n) is 11.1. The number of aliphatic carboxylic acids is 1. The van der Waals surface area contributed by atoms with Crippen molar-refractivity contribution in [2.24, 2.45) is 5.92 Å². The lowest BCUT2D eigenvalue weighted by Crippen LogP contribution is -2.39. The smallest absolute Gasteiger partial charge is 0.309 e. The van der Waals surface area contributed by atoms with E-state index in [0.29, 0.717) is 18.4 Å². The number of rotatable bonds is 7. The van der Waals surface area contributed by atoms with Gasteiger partial charge in [0.2, 0.25) is 0 Å². The predicted molar refractivity (Wildman–Crippen MR) is 71.3 cm³/mol. The van der Waals surface area contributed by atoms with Gasteiger partial charge in [0.25, 0.3) is 0 Å². The molecule has 0 aliphatic rings. The molecule has 3 nitrogen and oxygen atoms in total. The molecule has 2 unspecified atom stereocenters. The van der Waals surface area contributed by atoms with Crippen LogP contribution in [0, 0.1) is 5.92 Å². The Morgan fingerprint density at radius 2 is 1.83 bits per heavy atom. The topological polar surface area (TPSA) is 57.5 Å². The van der Waals surface area contributed by atoms with Crippen molar-refractivity contribution in [2.75, 3.05) is 0 Å². The van der Waals surface area contributed by atoms with E-state index in [-0.39, 0.29) is 0 Å². The van der Waals surface area contributed by atoms with E-state index in [1.54, 1.807) is 12.1 Å². The van der Waals surface area contributed by atoms with Crippen LogP contribution in [0.5, 0.6) is 0 Å². The molecule has 0 saturated carbocycles. The monoisotopic (exact) mass is 250 g/mol. The highest BCUT2D eigenvalue weighted by Crippen LogP contribution is 2.37. The zero-order chi connectivity index (χ0) is 13.6. The van der Waals surface area contributed by atoms with Crippen LogP contribution in [0.4, 0.5) is 0 Å². The maximum Gasteiger partial charge on any atom is 0.309 e. The second-order valence-corrected chi connectivity index (χ2v) is 4.72. The van der Waals surface area contributed by atoms with E-state index < -0.39 is 17.5 Å². The van der Waals surface area contributed by atoms with E-state index in [1.807, 2.05) is 32.0 Å². The maximum atomic E-state index is 11.4. The number of hydrogen-bond donors (Lipinski definition) is 2. The molecule has 0 bridgehead atoms. The first-order valence-corrected chi connectivity index (χ1v) is 6.57. The van der Waals surface area contributed by atoms with Crippen LogP contribution in [-0.4, -0.2) is 16.2 Å². The van der Waals surface area contributed by atoms with E-state index in [9.17, 15) is 15.0 Å². The normalized spacial score (nSPS) is 15.9. The molecule has 1 rings (SSSR count). The lowest BCUT2D eigenvalue weighted by molar-refractivity contribution is -0.154. The molecule has 0 aromatic heterocycles. The van der Waals surface area contributed by atoms with Crippen LogP contribution in [0.25, 0.3) is 0 Å². The molecule has 1 aromatic carbocycles. The van der Waals surface area contributed by atoms with Crippen LogP contribution in [0.3, 0.4) is 0 Å². The highest BCUT2D eigenvalue weighted by atomic mass is 16.4. The Balaban J connectivity index is 3.16. The fourth-order valence-corrected chi connectivity index (χ4v) is 2.48. The van der Waals surface area contributed by atoms with Crippen molar-refractivity contribution in [1.29, 1.82) is 0 Å². The molecule has 3 heteroatoms. The van der Waals surface area contributed by atoms with Crippen molar-refractivity contribution in [1.82, 2.24) is 0 Å². The van der Waals surface area contributed by atoms with E-state index in [4.69, 9.17) is 0 Å². The molecular weight excluding hydrogens is 228 g/mol. The quantitative estimate of drug-likeness (QED) is 0.781. The Morgan fingerprint density at radius 1 is 1.22 bits per heavy atom. The Bertz CT molecular complexity index is 375. The second-order valence-electron chi connectivity index (χ2n) is 4.72. The Hall–Kier alpha value is -1.35. The summed E-state index contributed by atoms with van der Waals surface area (Å²) in [4.78, 5) is 11.4. The molecule has 0 spiro atoms. The summed E-state index contributed by atoms with van der Waals surface area (Å²) in [5.41, 5.74) is -0.564. The van der Waals surface area contributed by atoms with Gasteiger partial charge in [-0.15, -0.1) is 0 Å². The minimum atomic E-state index is -1.27. The van der Waals surface area contributed by atoms with E-state index in [2.05, 4.69) is 0 Å². The summed E-state index contributed by atoms with van der Waals surface area (Å²) in [7, 11) is 0. The second kappa shape index (κ2) is 6.55. The third-order valence-electron chi connectivity index (χ3n) is 3.36. The molecule has 1 aromatic rings. The van der Waals surface area contributed by atoms with Gasteiger partial charge in [0.1, 0.15) is 5.60 Å². The van der Waals surface area contributed by atoms with Crippen molar-refractivity contribution in [3.63, 3.8) is 0 Å². The molecule has 18 heavy (non-hydrogen) atoms. The van der Waals surface area contributed by atoms with Crippen LogP contribution >= 0.6 is 0 Å². The number of carbonyl (C=O) groups is 1. The molecular formula is C15H22O3. The van der Waals surface area contributed by atoms with Gasteiger partial charge in [-0.3, -0.25) is 4.79 Å². The Kier molecular flexibility index (Phi) is 5.35. The summed E-state index contributed by atoms with van der Waals surface area (Å²) in [6.45, 7) is 3.89. The highest BCUT2D eigenvalue weighted by Gasteiger charge is 2.41. The summed E-state index contributed by atoms with van der Waals surface area (Å²) in [5, 5.41) is 20.2. The predicted octanol–water partition coefficient (Wildman–Crippen LogP) is 3.18. The maximum absolute atomic E-state index is 11.4. The van der Waals surface area contributed by atoms with Crippen molar-refractivity contribution in [3.05, 3.63) is 35.9 Å². The molecule has 0 amide bonds. The van der Waals surface area contributed by atoms with Crippen molar-refractivity contribution in [2.45, 2.75) is 45.1 Å². The summed E-state index contributed by atoms with van der Waals surface area (Å²) in [6, 6.07) is 9.15. The largest absolute Gasteiger partial charge is 0.481 e. The third-order valence-corrected chi connectivity index (χ3v) is 3.36. The van der Waals surface area contributed by atoms with E-state index >= 15 is 0 Å². The van der Waals surface area contributed by atoms with Crippen LogP contribution in [0.15, 0.2) is 30.3 Å². The molecule has 0 saturated heterocycles. The molecule has 100 valence electrons. The first-order chi connectivity index (χ1) is 8.56. The first kappa shape index (κ1) is 14.7. The zero-order valence-corrected chi connectivity index (χ0v) is 11.1. The molecule has 0 fully saturated rings. The van der Waals surface area contributed by atoms with Gasteiger partial charge in [-0.2, -0.15) is 0 Å². The van der Waals surface area contributed by atoms with E-state index in [0.717, 1.165) is 12.8 Å². The van der Waals surface area contributed by atoms with Crippen LogP contribution < -0.4 is 0 Å². The number of benzene rings is 1. The molecule has 2 N–H and O–H groups in total. The van der Waals surface area contributed by atoms with Gasteiger partial charge in [0, 0.05) is 0 Å². The third kappa shape index (κ3) is 3.10. The Morgan fingerprint density at radius 3 is 2.28 bits per heavy atom. The molecule has 0 aliphatic heterocycles. The first-order valence-electron chi connectivity index (χ1n) is 6.57. The molecule has 0 aliphatic carbocycles. The number of hydrogen-bond acceptors (Lipinski definition) is 2. The number of carboxylic acids is 1. The van der Waals surface area contributed by atoms with Crippen molar-refractivity contribution < 1.29 is 15.0 Å². The van der Waals surface area contributed by atoms with Gasteiger partial charge in [-0.25, -0.2) is 0 Å². The number of aliphatic hydroxyl groups is 1. The summed E-state index contributed by atoms with van der Waals surface area (Å²) >= 11 is 0. The van der Waals surface area contributed by atoms with Gasteiger partial charge < -0.3 is 10.2 Å². The van der Waals surface area contributed by atoms with Crippen molar-refractivity contribution in [3.8, 4) is 0 Å². The van der Waals surface area contributed by atoms with Crippen LogP contribution in [0.1, 0.15) is 45.1 Å². The molecule has 0 heterocycles. The van der Waals surface area contributed by atoms with Gasteiger partial charge >= 0.3 is 5.97 Å². The van der Waals surface area contributed by atoms with Gasteiger partial charge in [-0.1, -0.05) is 57.0 Å². The highest BCUT2D eigenvalue weighted by molar-refractivity contribution is 5.72. The van der Waals surface area contributed by atoms with Gasteiger partial charge in [-0.05, 0) is 18.4 Å². The lowest BCUT2D eigenvalue weighted by Gasteiger charge is -2.34. The van der Waals surface area contributed by atoms with Crippen molar-refractivity contribution >= 4 is 5.97 Å². The minimum absolute atomic E-state index is 0.466.